The second kappa shape index (κ2) is 6.45. The summed E-state index contributed by atoms with van der Waals surface area (Å²) in [4.78, 5) is 0. The first-order chi connectivity index (χ1) is 8.76. The predicted molar refractivity (Wildman–Crippen MR) is 79.3 cm³/mol. The van der Waals surface area contributed by atoms with Crippen molar-refractivity contribution in [1.29, 1.82) is 0 Å². The number of thioether (sulfide) groups is 1. The molecule has 0 saturated carbocycles. The van der Waals surface area contributed by atoms with Crippen molar-refractivity contribution in [2.75, 3.05) is 24.7 Å². The van der Waals surface area contributed by atoms with Crippen molar-refractivity contribution >= 4 is 17.4 Å². The van der Waals surface area contributed by atoms with E-state index in [2.05, 4.69) is 35.8 Å². The van der Waals surface area contributed by atoms with Gasteiger partial charge in [-0.3, -0.25) is 0 Å². The molecule has 1 aromatic carbocycles. The van der Waals surface area contributed by atoms with Gasteiger partial charge >= 0.3 is 0 Å². The Bertz CT molecular complexity index is 393. The number of rotatable bonds is 6. The summed E-state index contributed by atoms with van der Waals surface area (Å²) in [6.45, 7) is 4.26. The number of aliphatic hydroxyl groups is 1. The van der Waals surface area contributed by atoms with E-state index in [1.165, 1.54) is 16.8 Å². The van der Waals surface area contributed by atoms with Crippen LogP contribution in [0.1, 0.15) is 18.1 Å². The number of aliphatic hydroxyl groups excluding tert-OH is 1. The van der Waals surface area contributed by atoms with Crippen molar-refractivity contribution < 1.29 is 5.11 Å². The van der Waals surface area contributed by atoms with Crippen LogP contribution in [-0.4, -0.2) is 35.8 Å². The Hall–Kier alpha value is -0.710. The lowest BCUT2D eigenvalue weighted by Crippen LogP contribution is -2.37. The van der Waals surface area contributed by atoms with E-state index in [9.17, 15) is 5.11 Å². The lowest BCUT2D eigenvalue weighted by Gasteiger charge is -2.22. The molecule has 1 aliphatic heterocycles. The number of nitrogens with one attached hydrogen (secondary N) is 2. The standard InChI is InChI=1S/C14H22N2OS/c1-10(13(9-17)18-2)16-8-12-5-3-4-11-6-7-15-14(11)12/h3-5,10,13,15-17H,6-9H2,1-2H3. The smallest absolute Gasteiger partial charge is 0.0564 e. The summed E-state index contributed by atoms with van der Waals surface area (Å²) in [5.74, 6) is 0. The molecular weight excluding hydrogens is 244 g/mol. The van der Waals surface area contributed by atoms with Crippen LogP contribution in [0.2, 0.25) is 0 Å². The van der Waals surface area contributed by atoms with Crippen LogP contribution in [-0.2, 0) is 13.0 Å². The molecule has 4 heteroatoms. The molecule has 18 heavy (non-hydrogen) atoms. The zero-order valence-electron chi connectivity index (χ0n) is 11.1. The van der Waals surface area contributed by atoms with Crippen LogP contribution in [0.15, 0.2) is 18.2 Å². The molecule has 0 amide bonds. The van der Waals surface area contributed by atoms with Crippen LogP contribution in [0.5, 0.6) is 0 Å². The Kier molecular flexibility index (Phi) is 4.92. The zero-order valence-corrected chi connectivity index (χ0v) is 11.9. The maximum Gasteiger partial charge on any atom is 0.0564 e. The Labute approximate surface area is 113 Å². The molecule has 2 rings (SSSR count). The predicted octanol–water partition coefficient (Wildman–Crippen LogP) is 1.86. The van der Waals surface area contributed by atoms with Gasteiger partial charge in [-0.1, -0.05) is 18.2 Å². The third kappa shape index (κ3) is 2.99. The highest BCUT2D eigenvalue weighted by atomic mass is 32.2. The molecule has 1 heterocycles. The average molecular weight is 266 g/mol. The maximum absolute atomic E-state index is 9.28. The van der Waals surface area contributed by atoms with Gasteiger partial charge < -0.3 is 15.7 Å². The van der Waals surface area contributed by atoms with E-state index in [0.717, 1.165) is 19.5 Å². The molecule has 3 nitrogen and oxygen atoms in total. The van der Waals surface area contributed by atoms with Crippen molar-refractivity contribution in [3.8, 4) is 0 Å². The van der Waals surface area contributed by atoms with E-state index in [-0.39, 0.29) is 11.9 Å². The molecule has 2 atom stereocenters. The first kappa shape index (κ1) is 13.7. The number of hydrogen-bond acceptors (Lipinski definition) is 4. The van der Waals surface area contributed by atoms with Crippen LogP contribution >= 0.6 is 11.8 Å². The highest BCUT2D eigenvalue weighted by molar-refractivity contribution is 7.99. The van der Waals surface area contributed by atoms with Crippen LogP contribution in [0.3, 0.4) is 0 Å². The summed E-state index contributed by atoms with van der Waals surface area (Å²) in [5.41, 5.74) is 4.06. The first-order valence-electron chi connectivity index (χ1n) is 6.48. The Balaban J connectivity index is 1.96. The molecule has 0 radical (unpaired) electrons. The van der Waals surface area contributed by atoms with Gasteiger partial charge in [0.1, 0.15) is 0 Å². The van der Waals surface area contributed by atoms with E-state index in [1.54, 1.807) is 11.8 Å². The molecule has 0 aliphatic carbocycles. The Morgan fingerprint density at radius 2 is 2.33 bits per heavy atom. The number of hydrogen-bond donors (Lipinski definition) is 3. The van der Waals surface area contributed by atoms with Gasteiger partial charge in [-0.05, 0) is 30.7 Å². The number of para-hydroxylation sites is 1. The number of fused-ring (bicyclic) bond motifs is 1. The first-order valence-corrected chi connectivity index (χ1v) is 7.76. The fourth-order valence-electron chi connectivity index (χ4n) is 2.40. The fourth-order valence-corrected chi connectivity index (χ4v) is 3.05. The van der Waals surface area contributed by atoms with E-state index >= 15 is 0 Å². The van der Waals surface area contributed by atoms with Crippen LogP contribution < -0.4 is 10.6 Å². The summed E-state index contributed by atoms with van der Waals surface area (Å²) in [7, 11) is 0. The second-order valence-corrected chi connectivity index (χ2v) is 5.83. The molecule has 1 aliphatic rings. The van der Waals surface area contributed by atoms with E-state index in [0.29, 0.717) is 6.04 Å². The Morgan fingerprint density at radius 1 is 1.50 bits per heavy atom. The molecule has 0 aromatic heterocycles. The third-order valence-corrected chi connectivity index (χ3v) is 4.75. The van der Waals surface area contributed by atoms with E-state index < -0.39 is 0 Å². The number of anilines is 1. The minimum absolute atomic E-state index is 0.223. The van der Waals surface area contributed by atoms with Crippen molar-refractivity contribution in [3.63, 3.8) is 0 Å². The monoisotopic (exact) mass is 266 g/mol. The molecular formula is C14H22N2OS. The summed E-state index contributed by atoms with van der Waals surface area (Å²) in [6, 6.07) is 6.80. The molecule has 2 unspecified atom stereocenters. The fraction of sp³-hybridized carbons (Fsp3) is 0.571. The molecule has 100 valence electrons. The molecule has 1 aromatic rings. The van der Waals surface area contributed by atoms with Crippen LogP contribution in [0, 0.1) is 0 Å². The lowest BCUT2D eigenvalue weighted by atomic mass is 10.1. The van der Waals surface area contributed by atoms with Crippen LogP contribution in [0.25, 0.3) is 0 Å². The summed E-state index contributed by atoms with van der Waals surface area (Å²) in [6.07, 6.45) is 3.17. The minimum Gasteiger partial charge on any atom is -0.395 e. The normalized spacial score (nSPS) is 17.1. The van der Waals surface area contributed by atoms with Gasteiger partial charge in [0.05, 0.1) is 6.61 Å². The molecule has 0 fully saturated rings. The maximum atomic E-state index is 9.28. The van der Waals surface area contributed by atoms with Crippen molar-refractivity contribution in [1.82, 2.24) is 5.32 Å². The molecule has 3 N–H and O–H groups in total. The second-order valence-electron chi connectivity index (χ2n) is 4.75. The molecule has 0 saturated heterocycles. The van der Waals surface area contributed by atoms with Crippen molar-refractivity contribution in [2.45, 2.75) is 31.2 Å². The summed E-state index contributed by atoms with van der Waals surface area (Å²) in [5, 5.41) is 16.5. The summed E-state index contributed by atoms with van der Waals surface area (Å²) < 4.78 is 0. The van der Waals surface area contributed by atoms with Crippen LogP contribution in [0.4, 0.5) is 5.69 Å². The van der Waals surface area contributed by atoms with Gasteiger partial charge in [-0.15, -0.1) is 0 Å². The quantitative estimate of drug-likeness (QED) is 0.735. The lowest BCUT2D eigenvalue weighted by molar-refractivity contribution is 0.276. The van der Waals surface area contributed by atoms with Gasteiger partial charge in [-0.25, -0.2) is 0 Å². The van der Waals surface area contributed by atoms with Gasteiger partial charge in [-0.2, -0.15) is 11.8 Å². The molecule has 0 spiro atoms. The summed E-state index contributed by atoms with van der Waals surface area (Å²) >= 11 is 1.71. The van der Waals surface area contributed by atoms with Crippen molar-refractivity contribution in [3.05, 3.63) is 29.3 Å². The molecule has 0 bridgehead atoms. The van der Waals surface area contributed by atoms with Gasteiger partial charge in [0.25, 0.3) is 0 Å². The third-order valence-electron chi connectivity index (χ3n) is 3.59. The van der Waals surface area contributed by atoms with Crippen molar-refractivity contribution in [2.24, 2.45) is 0 Å². The van der Waals surface area contributed by atoms with Gasteiger partial charge in [0, 0.05) is 30.1 Å². The van der Waals surface area contributed by atoms with Gasteiger partial charge in [0.2, 0.25) is 0 Å². The Morgan fingerprint density at radius 3 is 3.06 bits per heavy atom. The highest BCUT2D eigenvalue weighted by Crippen LogP contribution is 2.26. The minimum atomic E-state index is 0.223. The zero-order chi connectivity index (χ0) is 13.0. The largest absolute Gasteiger partial charge is 0.395 e. The van der Waals surface area contributed by atoms with Gasteiger partial charge in [0.15, 0.2) is 0 Å². The topological polar surface area (TPSA) is 44.3 Å². The SMILES string of the molecule is CSC(CO)C(C)NCc1cccc2c1NCC2. The average Bonchev–Trinajstić information content (AvgIpc) is 2.86. The van der Waals surface area contributed by atoms with E-state index in [4.69, 9.17) is 0 Å². The highest BCUT2D eigenvalue weighted by Gasteiger charge is 2.17. The number of benzene rings is 1. The van der Waals surface area contributed by atoms with E-state index in [1.807, 2.05) is 6.26 Å².